The maximum absolute atomic E-state index is 3.55. The van der Waals surface area contributed by atoms with Gasteiger partial charge in [0.05, 0.1) is 0 Å². The summed E-state index contributed by atoms with van der Waals surface area (Å²) in [6.45, 7) is 6.74. The fourth-order valence-corrected chi connectivity index (χ4v) is 2.21. The van der Waals surface area contributed by atoms with Crippen LogP contribution in [0.25, 0.3) is 0 Å². The van der Waals surface area contributed by atoms with Crippen LogP contribution in [0.4, 0.5) is 0 Å². The summed E-state index contributed by atoms with van der Waals surface area (Å²) in [5.74, 6) is 0. The molecule has 0 saturated carbocycles. The van der Waals surface area contributed by atoms with Crippen molar-refractivity contribution in [3.63, 3.8) is 0 Å². The molecule has 0 spiro atoms. The highest BCUT2D eigenvalue weighted by Crippen LogP contribution is 2.25. The summed E-state index contributed by atoms with van der Waals surface area (Å²) < 4.78 is 0. The van der Waals surface area contributed by atoms with Crippen LogP contribution in [0.1, 0.15) is 20.3 Å². The minimum absolute atomic E-state index is 0.516. The molecule has 2 heteroatoms. The largest absolute Gasteiger partial charge is 0.382 e. The molecule has 2 aliphatic heterocycles. The topological polar surface area (TPSA) is 15.3 Å². The van der Waals surface area contributed by atoms with Gasteiger partial charge in [0.1, 0.15) is 0 Å². The molecule has 2 nitrogen and oxygen atoms in total. The molecule has 1 atom stereocenters. The van der Waals surface area contributed by atoms with E-state index in [-0.39, 0.29) is 0 Å². The number of hydrogen-bond acceptors (Lipinski definition) is 2. The van der Waals surface area contributed by atoms with E-state index in [0.717, 1.165) is 6.54 Å². The lowest BCUT2D eigenvalue weighted by atomic mass is 9.94. The summed E-state index contributed by atoms with van der Waals surface area (Å²) in [4.78, 5) is 2.38. The third-order valence-corrected chi connectivity index (χ3v) is 2.91. The zero-order chi connectivity index (χ0) is 9.42. The highest BCUT2D eigenvalue weighted by Gasteiger charge is 2.21. The van der Waals surface area contributed by atoms with E-state index < -0.39 is 0 Å². The Morgan fingerprint density at radius 2 is 2.31 bits per heavy atom. The molecule has 72 valence electrons. The maximum Gasteiger partial charge on any atom is 0.0418 e. The van der Waals surface area contributed by atoms with Crippen molar-refractivity contribution in [2.45, 2.75) is 26.3 Å². The van der Waals surface area contributed by atoms with Gasteiger partial charge >= 0.3 is 0 Å². The molecular formula is C11H18N2. The van der Waals surface area contributed by atoms with E-state index >= 15 is 0 Å². The molecule has 0 aromatic rings. The zero-order valence-corrected chi connectivity index (χ0v) is 8.72. The van der Waals surface area contributed by atoms with Gasteiger partial charge in [-0.1, -0.05) is 6.08 Å². The van der Waals surface area contributed by atoms with Gasteiger partial charge in [0, 0.05) is 31.2 Å². The summed E-state index contributed by atoms with van der Waals surface area (Å²) in [5, 5.41) is 3.55. The molecule has 0 fully saturated rings. The van der Waals surface area contributed by atoms with Crippen LogP contribution in [0.3, 0.4) is 0 Å². The molecule has 2 rings (SSSR count). The van der Waals surface area contributed by atoms with Gasteiger partial charge in [-0.2, -0.15) is 0 Å². The first-order chi connectivity index (χ1) is 6.16. The normalized spacial score (nSPS) is 29.5. The van der Waals surface area contributed by atoms with E-state index in [9.17, 15) is 0 Å². The molecular weight excluding hydrogens is 160 g/mol. The lowest BCUT2D eigenvalue weighted by molar-refractivity contribution is 0.339. The van der Waals surface area contributed by atoms with E-state index in [1.54, 1.807) is 0 Å². The van der Waals surface area contributed by atoms with Crippen molar-refractivity contribution in [1.29, 1.82) is 0 Å². The highest BCUT2D eigenvalue weighted by molar-refractivity contribution is 5.40. The lowest BCUT2D eigenvalue weighted by Crippen LogP contribution is -2.37. The quantitative estimate of drug-likeness (QED) is 0.605. The molecule has 2 aliphatic rings. The summed E-state index contributed by atoms with van der Waals surface area (Å²) in [7, 11) is 2.19. The molecule has 0 aliphatic carbocycles. The molecule has 1 unspecified atom stereocenters. The fraction of sp³-hybridized carbons (Fsp3) is 0.636. The second kappa shape index (κ2) is 3.18. The van der Waals surface area contributed by atoms with Crippen molar-refractivity contribution in [3.8, 4) is 0 Å². The van der Waals surface area contributed by atoms with Gasteiger partial charge in [0.25, 0.3) is 0 Å². The van der Waals surface area contributed by atoms with Crippen LogP contribution in [0, 0.1) is 0 Å². The SMILES string of the molecule is CC1=CC(C)NC2=C1CN(C)CC2. The van der Waals surface area contributed by atoms with Gasteiger partial charge in [-0.05, 0) is 32.0 Å². The Morgan fingerprint density at radius 3 is 3.08 bits per heavy atom. The Bertz CT molecular complexity index is 276. The first kappa shape index (κ1) is 8.82. The van der Waals surface area contributed by atoms with Gasteiger partial charge in [0.15, 0.2) is 0 Å². The monoisotopic (exact) mass is 178 g/mol. The van der Waals surface area contributed by atoms with Crippen molar-refractivity contribution in [3.05, 3.63) is 22.9 Å². The van der Waals surface area contributed by atoms with E-state index in [1.165, 1.54) is 29.8 Å². The first-order valence-electron chi connectivity index (χ1n) is 5.02. The maximum atomic E-state index is 3.55. The summed E-state index contributed by atoms with van der Waals surface area (Å²) >= 11 is 0. The van der Waals surface area contributed by atoms with Crippen molar-refractivity contribution >= 4 is 0 Å². The predicted octanol–water partition coefficient (Wildman–Crippen LogP) is 1.51. The van der Waals surface area contributed by atoms with E-state index in [0.29, 0.717) is 6.04 Å². The Kier molecular flexibility index (Phi) is 2.16. The van der Waals surface area contributed by atoms with Gasteiger partial charge in [-0.3, -0.25) is 0 Å². The van der Waals surface area contributed by atoms with Gasteiger partial charge in [0.2, 0.25) is 0 Å². The molecule has 0 saturated heterocycles. The zero-order valence-electron chi connectivity index (χ0n) is 8.72. The van der Waals surface area contributed by atoms with Gasteiger partial charge in [-0.25, -0.2) is 0 Å². The highest BCUT2D eigenvalue weighted by atomic mass is 15.1. The fourth-order valence-electron chi connectivity index (χ4n) is 2.21. The summed E-state index contributed by atoms with van der Waals surface area (Å²) in [6.07, 6.45) is 3.50. The van der Waals surface area contributed by atoms with Crippen LogP contribution in [0.2, 0.25) is 0 Å². The molecule has 1 N–H and O–H groups in total. The smallest absolute Gasteiger partial charge is 0.0418 e. The number of dihydropyridines is 1. The second-order valence-electron chi connectivity index (χ2n) is 4.23. The van der Waals surface area contributed by atoms with E-state index in [1.807, 2.05) is 0 Å². The van der Waals surface area contributed by atoms with Crippen LogP contribution in [-0.2, 0) is 0 Å². The van der Waals surface area contributed by atoms with Crippen LogP contribution in [-0.4, -0.2) is 31.1 Å². The third-order valence-electron chi connectivity index (χ3n) is 2.91. The molecule has 0 aromatic heterocycles. The average Bonchev–Trinajstić information content (AvgIpc) is 2.06. The number of hydrogen-bond donors (Lipinski definition) is 1. The van der Waals surface area contributed by atoms with Crippen molar-refractivity contribution < 1.29 is 0 Å². The van der Waals surface area contributed by atoms with Crippen LogP contribution in [0.15, 0.2) is 22.9 Å². The Morgan fingerprint density at radius 1 is 1.54 bits per heavy atom. The van der Waals surface area contributed by atoms with Gasteiger partial charge < -0.3 is 10.2 Å². The molecule has 0 amide bonds. The second-order valence-corrected chi connectivity index (χ2v) is 4.23. The van der Waals surface area contributed by atoms with E-state index in [4.69, 9.17) is 0 Å². The van der Waals surface area contributed by atoms with Crippen molar-refractivity contribution in [2.75, 3.05) is 20.1 Å². The molecule has 0 radical (unpaired) electrons. The Balaban J connectivity index is 2.27. The Hall–Kier alpha value is -0.760. The molecule has 0 bridgehead atoms. The van der Waals surface area contributed by atoms with Crippen LogP contribution >= 0.6 is 0 Å². The predicted molar refractivity (Wildman–Crippen MR) is 55.5 cm³/mol. The summed E-state index contributed by atoms with van der Waals surface area (Å²) in [6, 6.07) is 0.516. The Labute approximate surface area is 80.3 Å². The van der Waals surface area contributed by atoms with Crippen LogP contribution < -0.4 is 5.32 Å². The number of likely N-dealkylation sites (N-methyl/N-ethyl adjacent to an activating group) is 1. The third kappa shape index (κ3) is 1.63. The van der Waals surface area contributed by atoms with Crippen molar-refractivity contribution in [2.24, 2.45) is 0 Å². The molecule has 13 heavy (non-hydrogen) atoms. The van der Waals surface area contributed by atoms with E-state index in [2.05, 4.69) is 37.2 Å². The van der Waals surface area contributed by atoms with Crippen LogP contribution in [0.5, 0.6) is 0 Å². The number of rotatable bonds is 0. The minimum atomic E-state index is 0.516. The molecule has 2 heterocycles. The first-order valence-corrected chi connectivity index (χ1v) is 5.02. The minimum Gasteiger partial charge on any atom is -0.382 e. The van der Waals surface area contributed by atoms with Gasteiger partial charge in [-0.15, -0.1) is 0 Å². The summed E-state index contributed by atoms with van der Waals surface area (Å²) in [5.41, 5.74) is 4.46. The standard InChI is InChI=1S/C11H18N2/c1-8-6-9(2)12-11-4-5-13(3)7-10(8)11/h6,9,12H,4-5,7H2,1-3H3. The lowest BCUT2D eigenvalue weighted by Gasteiger charge is -2.33. The number of nitrogens with one attached hydrogen (secondary N) is 1. The molecule has 0 aromatic carbocycles. The van der Waals surface area contributed by atoms with Crippen molar-refractivity contribution in [1.82, 2.24) is 10.2 Å². The number of nitrogens with zero attached hydrogens (tertiary/aromatic N) is 1. The average molecular weight is 178 g/mol.